The van der Waals surface area contributed by atoms with Gasteiger partial charge in [0.25, 0.3) is 11.5 Å². The van der Waals surface area contributed by atoms with Crippen molar-refractivity contribution >= 4 is 17.2 Å². The molecule has 1 aromatic carbocycles. The first-order valence-electron chi connectivity index (χ1n) is 7.41. The summed E-state index contributed by atoms with van der Waals surface area (Å²) in [6.45, 7) is -1.50. The van der Waals surface area contributed by atoms with Gasteiger partial charge in [0, 0.05) is 12.4 Å². The summed E-state index contributed by atoms with van der Waals surface area (Å²) in [6, 6.07) is 10.5. The molecule has 9 heteroatoms. The van der Waals surface area contributed by atoms with Crippen LogP contribution in [0.15, 0.2) is 59.7 Å². The van der Waals surface area contributed by atoms with Gasteiger partial charge in [-0.25, -0.2) is 4.98 Å². The van der Waals surface area contributed by atoms with Crippen LogP contribution in [0.1, 0.15) is 10.4 Å². The molecule has 3 aromatic rings. The normalized spacial score (nSPS) is 11.3. The van der Waals surface area contributed by atoms with E-state index in [1.54, 1.807) is 18.2 Å². The number of ether oxygens (including phenoxy) is 1. The molecule has 134 valence electrons. The molecule has 1 amide bonds. The quantitative estimate of drug-likeness (QED) is 0.774. The molecule has 1 N–H and O–H groups in total. The number of aromatic nitrogens is 2. The number of rotatable bonds is 4. The molecule has 0 saturated heterocycles. The van der Waals surface area contributed by atoms with E-state index in [9.17, 15) is 22.8 Å². The van der Waals surface area contributed by atoms with Crippen molar-refractivity contribution in [3.8, 4) is 5.75 Å². The Morgan fingerprint density at radius 1 is 1.15 bits per heavy atom. The average Bonchev–Trinajstić information content (AvgIpc) is 2.61. The molecule has 3 rings (SSSR count). The van der Waals surface area contributed by atoms with Gasteiger partial charge in [0.2, 0.25) is 0 Å². The third-order valence-corrected chi connectivity index (χ3v) is 3.38. The summed E-state index contributed by atoms with van der Waals surface area (Å²) in [7, 11) is 0. The van der Waals surface area contributed by atoms with Gasteiger partial charge < -0.3 is 10.1 Å². The number of carbonyl (C=O) groups excluding carboxylic acids is 1. The summed E-state index contributed by atoms with van der Waals surface area (Å²) >= 11 is 0. The molecule has 0 spiro atoms. The Hall–Kier alpha value is -3.36. The first-order valence-corrected chi connectivity index (χ1v) is 7.41. The van der Waals surface area contributed by atoms with E-state index < -0.39 is 24.2 Å². The molecule has 0 saturated carbocycles. The fraction of sp³-hybridized carbons (Fsp3) is 0.118. The minimum atomic E-state index is -4.52. The molecule has 2 aromatic heterocycles. The standard InChI is InChI=1S/C17H12F3N3O3/c18-17(19,20)10-26-13-6-2-1-5-12(13)22-15(24)11-9-21-14-7-3-4-8-23(14)16(11)25/h1-9H,10H2,(H,22,24). The van der Waals surface area contributed by atoms with Crippen molar-refractivity contribution in [2.45, 2.75) is 6.18 Å². The third kappa shape index (κ3) is 3.82. The van der Waals surface area contributed by atoms with Crippen LogP contribution in [-0.2, 0) is 0 Å². The lowest BCUT2D eigenvalue weighted by Gasteiger charge is -2.13. The van der Waals surface area contributed by atoms with E-state index in [0.29, 0.717) is 5.65 Å². The summed E-state index contributed by atoms with van der Waals surface area (Å²) in [6.07, 6.45) is -1.94. The van der Waals surface area contributed by atoms with Crippen molar-refractivity contribution in [2.24, 2.45) is 0 Å². The second-order valence-electron chi connectivity index (χ2n) is 5.26. The second kappa shape index (κ2) is 6.87. The molecule has 0 radical (unpaired) electrons. The maximum Gasteiger partial charge on any atom is 0.422 e. The summed E-state index contributed by atoms with van der Waals surface area (Å²) < 4.78 is 42.9. The lowest BCUT2D eigenvalue weighted by molar-refractivity contribution is -0.153. The first-order chi connectivity index (χ1) is 12.3. The van der Waals surface area contributed by atoms with E-state index in [-0.39, 0.29) is 17.0 Å². The number of para-hydroxylation sites is 2. The molecular weight excluding hydrogens is 351 g/mol. The predicted octanol–water partition coefficient (Wildman–Crippen LogP) is 2.89. The van der Waals surface area contributed by atoms with Crippen LogP contribution in [0, 0.1) is 0 Å². The van der Waals surface area contributed by atoms with Crippen molar-refractivity contribution in [3.63, 3.8) is 0 Å². The van der Waals surface area contributed by atoms with Crippen molar-refractivity contribution in [3.05, 3.63) is 70.8 Å². The number of anilines is 1. The number of alkyl halides is 3. The van der Waals surface area contributed by atoms with Gasteiger partial charge in [-0.05, 0) is 24.3 Å². The molecule has 0 unspecified atom stereocenters. The Morgan fingerprint density at radius 3 is 2.65 bits per heavy atom. The maximum atomic E-state index is 12.4. The van der Waals surface area contributed by atoms with E-state index in [4.69, 9.17) is 4.74 Å². The monoisotopic (exact) mass is 363 g/mol. The second-order valence-corrected chi connectivity index (χ2v) is 5.26. The van der Waals surface area contributed by atoms with Crippen LogP contribution in [0.2, 0.25) is 0 Å². The lowest BCUT2D eigenvalue weighted by Crippen LogP contribution is -2.27. The molecule has 0 aliphatic heterocycles. The smallest absolute Gasteiger partial charge is 0.422 e. The van der Waals surface area contributed by atoms with Crippen molar-refractivity contribution in [2.75, 3.05) is 11.9 Å². The van der Waals surface area contributed by atoms with Crippen molar-refractivity contribution < 1.29 is 22.7 Å². The number of pyridine rings is 1. The topological polar surface area (TPSA) is 72.7 Å². The largest absolute Gasteiger partial charge is 0.482 e. The molecule has 0 aliphatic carbocycles. The average molecular weight is 363 g/mol. The van der Waals surface area contributed by atoms with Crippen molar-refractivity contribution in [1.82, 2.24) is 9.38 Å². The molecule has 26 heavy (non-hydrogen) atoms. The number of benzene rings is 1. The molecule has 0 bridgehead atoms. The summed E-state index contributed by atoms with van der Waals surface area (Å²) in [5.74, 6) is -0.962. The summed E-state index contributed by atoms with van der Waals surface area (Å²) in [5.41, 5.74) is -0.469. The van der Waals surface area contributed by atoms with Crippen LogP contribution in [-0.4, -0.2) is 28.1 Å². The Morgan fingerprint density at radius 2 is 1.88 bits per heavy atom. The van der Waals surface area contributed by atoms with Gasteiger partial charge >= 0.3 is 6.18 Å². The predicted molar refractivity (Wildman–Crippen MR) is 87.4 cm³/mol. The van der Waals surface area contributed by atoms with Crippen LogP contribution in [0.3, 0.4) is 0 Å². The number of carbonyl (C=O) groups is 1. The molecule has 0 fully saturated rings. The number of amides is 1. The van der Waals surface area contributed by atoms with Crippen molar-refractivity contribution in [1.29, 1.82) is 0 Å². The fourth-order valence-electron chi connectivity index (χ4n) is 2.23. The third-order valence-electron chi connectivity index (χ3n) is 3.38. The highest BCUT2D eigenvalue weighted by Crippen LogP contribution is 2.26. The van der Waals surface area contributed by atoms with E-state index >= 15 is 0 Å². The minimum Gasteiger partial charge on any atom is -0.482 e. The molecule has 2 heterocycles. The Bertz CT molecular complexity index is 1020. The molecular formula is C17H12F3N3O3. The number of hydrogen-bond donors (Lipinski definition) is 1. The SMILES string of the molecule is O=C(Nc1ccccc1OCC(F)(F)F)c1cnc2ccccn2c1=O. The molecule has 0 atom stereocenters. The highest BCUT2D eigenvalue weighted by molar-refractivity contribution is 6.04. The van der Waals surface area contributed by atoms with Gasteiger partial charge in [-0.3, -0.25) is 14.0 Å². The zero-order chi connectivity index (χ0) is 18.7. The molecule has 6 nitrogen and oxygen atoms in total. The van der Waals surface area contributed by atoms with Crippen LogP contribution in [0.5, 0.6) is 5.75 Å². The van der Waals surface area contributed by atoms with E-state index in [2.05, 4.69) is 10.3 Å². The Labute approximate surface area is 144 Å². The van der Waals surface area contributed by atoms with Gasteiger partial charge in [-0.2, -0.15) is 13.2 Å². The van der Waals surface area contributed by atoms with Gasteiger partial charge in [0.05, 0.1) is 5.69 Å². The van der Waals surface area contributed by atoms with Gasteiger partial charge in [-0.1, -0.05) is 18.2 Å². The van der Waals surface area contributed by atoms with E-state index in [1.165, 1.54) is 34.9 Å². The van der Waals surface area contributed by atoms with Crippen LogP contribution < -0.4 is 15.6 Å². The fourth-order valence-corrected chi connectivity index (χ4v) is 2.23. The maximum absolute atomic E-state index is 12.4. The Kier molecular flexibility index (Phi) is 4.61. The van der Waals surface area contributed by atoms with Crippen LogP contribution in [0.4, 0.5) is 18.9 Å². The van der Waals surface area contributed by atoms with E-state index in [0.717, 1.165) is 6.20 Å². The van der Waals surface area contributed by atoms with Gasteiger partial charge in [0.1, 0.15) is 17.0 Å². The zero-order valence-corrected chi connectivity index (χ0v) is 13.2. The highest BCUT2D eigenvalue weighted by Gasteiger charge is 2.29. The lowest BCUT2D eigenvalue weighted by atomic mass is 10.2. The summed E-state index contributed by atoms with van der Waals surface area (Å²) in [4.78, 5) is 28.8. The summed E-state index contributed by atoms with van der Waals surface area (Å²) in [5, 5.41) is 2.38. The van der Waals surface area contributed by atoms with E-state index in [1.807, 2.05) is 0 Å². The van der Waals surface area contributed by atoms with Gasteiger partial charge in [0.15, 0.2) is 6.61 Å². The number of halogens is 3. The number of fused-ring (bicyclic) bond motifs is 1. The number of nitrogens with zero attached hydrogens (tertiary/aromatic N) is 2. The molecule has 0 aliphatic rings. The highest BCUT2D eigenvalue weighted by atomic mass is 19.4. The van der Waals surface area contributed by atoms with Crippen LogP contribution in [0.25, 0.3) is 5.65 Å². The minimum absolute atomic E-state index is 0.0132. The number of nitrogens with one attached hydrogen (secondary N) is 1. The Balaban J connectivity index is 1.87. The van der Waals surface area contributed by atoms with Gasteiger partial charge in [-0.15, -0.1) is 0 Å². The first kappa shape index (κ1) is 17.5. The zero-order valence-electron chi connectivity index (χ0n) is 13.2. The van der Waals surface area contributed by atoms with Crippen LogP contribution >= 0.6 is 0 Å². The number of hydrogen-bond acceptors (Lipinski definition) is 4.